The Morgan fingerprint density at radius 1 is 1.26 bits per heavy atom. The van der Waals surface area contributed by atoms with Gasteiger partial charge >= 0.3 is 5.97 Å². The third-order valence-corrected chi connectivity index (χ3v) is 3.33. The van der Waals surface area contributed by atoms with Gasteiger partial charge in [-0.3, -0.25) is 4.98 Å². The second kappa shape index (κ2) is 6.33. The molecule has 1 heterocycles. The fourth-order valence-electron chi connectivity index (χ4n) is 1.57. The van der Waals surface area contributed by atoms with Crippen LogP contribution in [0.4, 0.5) is 5.69 Å². The molecule has 0 saturated carbocycles. The van der Waals surface area contributed by atoms with E-state index in [-0.39, 0.29) is 5.97 Å². The number of hydrogen-bond acceptors (Lipinski definition) is 4. The maximum absolute atomic E-state index is 11.8. The molecular weight excluding hydrogens is 308 g/mol. The molecule has 2 rings (SSSR count). The highest BCUT2D eigenvalue weighted by molar-refractivity contribution is 9.10. The van der Waals surface area contributed by atoms with Crippen molar-refractivity contribution in [2.24, 2.45) is 0 Å². The first-order chi connectivity index (χ1) is 9.16. The Morgan fingerprint density at radius 2 is 2.00 bits per heavy atom. The van der Waals surface area contributed by atoms with Crippen LogP contribution in [0.2, 0.25) is 0 Å². The molecule has 1 aromatic carbocycles. The van der Waals surface area contributed by atoms with Gasteiger partial charge in [0.2, 0.25) is 0 Å². The van der Waals surface area contributed by atoms with E-state index in [4.69, 9.17) is 10.5 Å². The summed E-state index contributed by atoms with van der Waals surface area (Å²) in [7, 11) is 0. The number of nitrogens with two attached hydrogens (primary N) is 1. The Kier molecular flexibility index (Phi) is 4.52. The molecule has 1 aromatic heterocycles. The zero-order chi connectivity index (χ0) is 13.7. The van der Waals surface area contributed by atoms with Gasteiger partial charge in [0.25, 0.3) is 0 Å². The molecule has 0 amide bonds. The Balaban J connectivity index is 1.89. The van der Waals surface area contributed by atoms with Crippen LogP contribution in [0.5, 0.6) is 0 Å². The summed E-state index contributed by atoms with van der Waals surface area (Å²) in [6.07, 6.45) is 4.10. The minimum atomic E-state index is -0.367. The number of aromatic nitrogens is 1. The van der Waals surface area contributed by atoms with Crippen molar-refractivity contribution in [3.05, 3.63) is 58.3 Å². The molecule has 2 N–H and O–H groups in total. The van der Waals surface area contributed by atoms with Crippen molar-refractivity contribution >= 4 is 27.6 Å². The van der Waals surface area contributed by atoms with Crippen LogP contribution in [-0.2, 0) is 11.2 Å². The summed E-state index contributed by atoms with van der Waals surface area (Å²) in [4.78, 5) is 15.7. The van der Waals surface area contributed by atoms with Gasteiger partial charge in [-0.2, -0.15) is 0 Å². The van der Waals surface area contributed by atoms with Gasteiger partial charge in [-0.1, -0.05) is 0 Å². The number of carbonyl (C=O) groups excluding carboxylic acids is 1. The predicted molar refractivity (Wildman–Crippen MR) is 76.8 cm³/mol. The molecule has 4 nitrogen and oxygen atoms in total. The maximum Gasteiger partial charge on any atom is 0.338 e. The summed E-state index contributed by atoms with van der Waals surface area (Å²) in [6, 6.07) is 8.79. The Hall–Kier alpha value is -1.88. The average Bonchev–Trinajstić information content (AvgIpc) is 2.43. The molecule has 19 heavy (non-hydrogen) atoms. The van der Waals surface area contributed by atoms with Gasteiger partial charge in [-0.15, -0.1) is 0 Å². The third kappa shape index (κ3) is 3.79. The molecule has 0 bridgehead atoms. The Morgan fingerprint density at radius 3 is 2.68 bits per heavy atom. The third-order valence-electron chi connectivity index (χ3n) is 2.60. The fourth-order valence-corrected chi connectivity index (χ4v) is 1.81. The van der Waals surface area contributed by atoms with Crippen LogP contribution in [0.15, 0.2) is 47.2 Å². The molecule has 0 fully saturated rings. The number of halogens is 1. The lowest BCUT2D eigenvalue weighted by molar-refractivity contribution is 0.0509. The molecule has 98 valence electrons. The van der Waals surface area contributed by atoms with E-state index in [1.165, 1.54) is 0 Å². The normalized spacial score (nSPS) is 10.2. The van der Waals surface area contributed by atoms with E-state index in [1.807, 2.05) is 12.1 Å². The van der Waals surface area contributed by atoms with Gasteiger partial charge in [-0.25, -0.2) is 4.79 Å². The largest absolute Gasteiger partial charge is 0.462 e. The Bertz CT molecular complexity index is 573. The number of hydrogen-bond donors (Lipinski definition) is 1. The second-order valence-electron chi connectivity index (χ2n) is 3.98. The molecule has 0 aliphatic carbocycles. The van der Waals surface area contributed by atoms with Gasteiger partial charge in [0.1, 0.15) is 0 Å². The lowest BCUT2D eigenvalue weighted by Gasteiger charge is -2.06. The lowest BCUT2D eigenvalue weighted by atomic mass is 10.2. The van der Waals surface area contributed by atoms with E-state index >= 15 is 0 Å². The molecule has 0 aliphatic heterocycles. The molecule has 2 aromatic rings. The van der Waals surface area contributed by atoms with E-state index < -0.39 is 0 Å². The number of rotatable bonds is 4. The molecule has 0 atom stereocenters. The summed E-state index contributed by atoms with van der Waals surface area (Å²) >= 11 is 3.28. The lowest BCUT2D eigenvalue weighted by Crippen LogP contribution is -2.08. The summed E-state index contributed by atoms with van der Waals surface area (Å²) in [6.45, 7) is 0.332. The first-order valence-electron chi connectivity index (χ1n) is 5.78. The predicted octanol–water partition coefficient (Wildman–Crippen LogP) is 2.83. The van der Waals surface area contributed by atoms with Gasteiger partial charge in [0.15, 0.2) is 0 Å². The second-order valence-corrected chi connectivity index (χ2v) is 4.83. The average molecular weight is 321 g/mol. The highest BCUT2D eigenvalue weighted by atomic mass is 79.9. The number of pyridine rings is 1. The molecule has 0 radical (unpaired) electrons. The van der Waals surface area contributed by atoms with Crippen molar-refractivity contribution in [3.8, 4) is 0 Å². The monoisotopic (exact) mass is 320 g/mol. The highest BCUT2D eigenvalue weighted by Gasteiger charge is 2.08. The van der Waals surface area contributed by atoms with Gasteiger partial charge in [-0.05, 0) is 51.8 Å². The summed E-state index contributed by atoms with van der Waals surface area (Å²) in [5.41, 5.74) is 7.77. The van der Waals surface area contributed by atoms with Gasteiger partial charge in [0.05, 0.1) is 12.2 Å². The van der Waals surface area contributed by atoms with Crippen molar-refractivity contribution in [3.63, 3.8) is 0 Å². The van der Waals surface area contributed by atoms with Crippen LogP contribution >= 0.6 is 15.9 Å². The van der Waals surface area contributed by atoms with Gasteiger partial charge < -0.3 is 10.5 Å². The standard InChI is InChI=1S/C14H13BrN2O2/c15-12-2-1-11(9-13(12)16)14(18)19-8-5-10-3-6-17-7-4-10/h1-4,6-7,9H,5,8,16H2. The Labute approximate surface area is 119 Å². The van der Waals surface area contributed by atoms with Crippen LogP contribution in [-0.4, -0.2) is 17.6 Å². The van der Waals surface area contributed by atoms with E-state index in [0.717, 1.165) is 10.0 Å². The number of carbonyl (C=O) groups is 1. The topological polar surface area (TPSA) is 65.2 Å². The highest BCUT2D eigenvalue weighted by Crippen LogP contribution is 2.20. The van der Waals surface area contributed by atoms with Crippen LogP contribution < -0.4 is 5.73 Å². The van der Waals surface area contributed by atoms with Gasteiger partial charge in [0, 0.05) is 29.0 Å². The number of nitrogen functional groups attached to an aromatic ring is 1. The SMILES string of the molecule is Nc1cc(C(=O)OCCc2ccncc2)ccc1Br. The molecule has 0 aliphatic rings. The molecule has 5 heteroatoms. The zero-order valence-corrected chi connectivity index (χ0v) is 11.8. The van der Waals surface area contributed by atoms with Crippen molar-refractivity contribution in [2.45, 2.75) is 6.42 Å². The fraction of sp³-hybridized carbons (Fsp3) is 0.143. The molecule has 0 unspecified atom stereocenters. The first kappa shape index (κ1) is 13.5. The van der Waals surface area contributed by atoms with Crippen LogP contribution in [0, 0.1) is 0 Å². The van der Waals surface area contributed by atoms with E-state index in [2.05, 4.69) is 20.9 Å². The zero-order valence-electron chi connectivity index (χ0n) is 10.2. The van der Waals surface area contributed by atoms with Crippen molar-refractivity contribution in [1.29, 1.82) is 0 Å². The molecular formula is C14H13BrN2O2. The summed E-state index contributed by atoms with van der Waals surface area (Å²) < 4.78 is 5.96. The van der Waals surface area contributed by atoms with Crippen LogP contribution in [0.3, 0.4) is 0 Å². The maximum atomic E-state index is 11.8. The number of ether oxygens (including phenoxy) is 1. The van der Waals surface area contributed by atoms with Crippen molar-refractivity contribution in [2.75, 3.05) is 12.3 Å². The van der Waals surface area contributed by atoms with Crippen LogP contribution in [0.25, 0.3) is 0 Å². The first-order valence-corrected chi connectivity index (χ1v) is 6.57. The van der Waals surface area contributed by atoms with Crippen LogP contribution in [0.1, 0.15) is 15.9 Å². The summed E-state index contributed by atoms with van der Waals surface area (Å²) in [5.74, 6) is -0.367. The minimum Gasteiger partial charge on any atom is -0.462 e. The minimum absolute atomic E-state index is 0.332. The quantitative estimate of drug-likeness (QED) is 0.695. The number of esters is 1. The van der Waals surface area contributed by atoms with Crippen molar-refractivity contribution < 1.29 is 9.53 Å². The van der Waals surface area contributed by atoms with E-state index in [9.17, 15) is 4.79 Å². The number of nitrogens with zero attached hydrogens (tertiary/aromatic N) is 1. The molecule has 0 saturated heterocycles. The number of anilines is 1. The summed E-state index contributed by atoms with van der Waals surface area (Å²) in [5, 5.41) is 0. The van der Waals surface area contributed by atoms with Crippen molar-refractivity contribution in [1.82, 2.24) is 4.98 Å². The smallest absolute Gasteiger partial charge is 0.338 e. The van der Waals surface area contributed by atoms with E-state index in [0.29, 0.717) is 24.3 Å². The number of benzene rings is 1. The van der Waals surface area contributed by atoms with E-state index in [1.54, 1.807) is 30.6 Å². The molecule has 0 spiro atoms.